The number of H-pyrrole nitrogens is 1. The van der Waals surface area contributed by atoms with Crippen LogP contribution in [0.5, 0.6) is 0 Å². The average molecular weight is 1710 g/mol. The van der Waals surface area contributed by atoms with Crippen molar-refractivity contribution in [1.82, 2.24) is 69.9 Å². The number of ketones is 3. The molecule has 15 atom stereocenters. The zero-order chi connectivity index (χ0) is 88.0. The van der Waals surface area contributed by atoms with E-state index in [1.165, 1.54) is 26.4 Å². The Labute approximate surface area is 718 Å². The summed E-state index contributed by atoms with van der Waals surface area (Å²) >= 11 is 0. The lowest BCUT2D eigenvalue weighted by molar-refractivity contribution is -0.265. The number of ether oxygens (including phenoxy) is 6. The van der Waals surface area contributed by atoms with Crippen LogP contribution in [-0.4, -0.2) is 282 Å². The summed E-state index contributed by atoms with van der Waals surface area (Å²) in [5.74, 6) is -8.82. The summed E-state index contributed by atoms with van der Waals surface area (Å²) in [6.45, 7) is 19.2. The van der Waals surface area contributed by atoms with Crippen LogP contribution in [0.2, 0.25) is 0 Å². The Balaban J connectivity index is 0.585. The van der Waals surface area contributed by atoms with E-state index in [1.54, 1.807) is 51.4 Å². The first kappa shape index (κ1) is 93.9. The highest BCUT2D eigenvalue weighted by atomic mass is 16.6. The Morgan fingerprint density at radius 1 is 0.756 bits per heavy atom. The first-order valence-corrected chi connectivity index (χ1v) is 43.8. The number of aliphatic hydroxyl groups excluding tert-OH is 2. The van der Waals surface area contributed by atoms with E-state index >= 15 is 0 Å². The molecule has 5 aromatic heterocycles. The number of hydrogen-bond acceptors (Lipinski definition) is 27. The molecule has 0 spiro atoms. The van der Waals surface area contributed by atoms with Gasteiger partial charge in [0.15, 0.2) is 11.4 Å². The molecule has 1 saturated carbocycles. The summed E-state index contributed by atoms with van der Waals surface area (Å²) in [6, 6.07) is 2.70. The minimum atomic E-state index is -2.50. The number of carbonyl (C=O) groups excluding carboxylic acids is 9. The second-order valence-electron chi connectivity index (χ2n) is 34.2. The Morgan fingerprint density at radius 3 is 2.25 bits per heavy atom. The molecule has 5 amide bonds. The van der Waals surface area contributed by atoms with Crippen molar-refractivity contribution in [3.63, 3.8) is 0 Å². The van der Waals surface area contributed by atoms with Gasteiger partial charge in [-0.05, 0) is 132 Å². The maximum Gasteiger partial charge on any atom is 0.407 e. The third kappa shape index (κ3) is 25.1. The SMILES string of the molecule is CO[C@H]1C[C@@H]2CC[C@@H](C)[C@@](O)(O2)C(=O)C(=O)N2CCCC[C@H]2C(=O)O[C@H]([C@H](C)C[C@@H]2CC[C@@H](OC(=O)NCc3cnc(N4CCN(C(=O)CCOCCN5CCN(C(=O)CCC(=O)NCCCCn6nc(-c7cnc8[nH]ccc8c7)c7c(N)ncnc76)CC5)CC4)nc3)[C@H](OC)C2)CC(=O)[C@H](C)/C=C(\C)[C@@H](O)[C@@H](O)C(=O)[C@H](C)C[C@H](C)/C=C/C=CC=C1C. The van der Waals surface area contributed by atoms with Gasteiger partial charge in [-0.15, -0.1) is 0 Å². The molecule has 10 heterocycles. The van der Waals surface area contributed by atoms with Crippen LogP contribution in [0.3, 0.4) is 0 Å². The first-order valence-electron chi connectivity index (χ1n) is 43.8. The highest BCUT2D eigenvalue weighted by molar-refractivity contribution is 6.39. The van der Waals surface area contributed by atoms with Crippen molar-refractivity contribution < 1.29 is 86.9 Å². The maximum absolute atomic E-state index is 14.8. The van der Waals surface area contributed by atoms with Crippen molar-refractivity contribution in [2.45, 2.75) is 225 Å². The van der Waals surface area contributed by atoms with Crippen LogP contribution in [0.15, 0.2) is 90.8 Å². The largest absolute Gasteiger partial charge is 0.460 e. The van der Waals surface area contributed by atoms with Crippen LogP contribution < -0.4 is 21.3 Å². The highest BCUT2D eigenvalue weighted by Gasteiger charge is 2.53. The van der Waals surface area contributed by atoms with E-state index in [9.17, 15) is 58.5 Å². The number of alkyl carbamates (subject to hydrolysis) is 1. The van der Waals surface area contributed by atoms with Crippen molar-refractivity contribution >= 4 is 86.9 Å². The lowest BCUT2D eigenvalue weighted by atomic mass is 9.78. The zero-order valence-electron chi connectivity index (χ0n) is 72.6. The number of nitrogens with one attached hydrogen (secondary N) is 3. The molecule has 11 rings (SSSR count). The second-order valence-corrected chi connectivity index (χ2v) is 34.2. The number of aromatic amines is 1. The summed E-state index contributed by atoms with van der Waals surface area (Å²) in [4.78, 5) is 159. The maximum atomic E-state index is 14.8. The van der Waals surface area contributed by atoms with Gasteiger partial charge in [0.1, 0.15) is 59.7 Å². The van der Waals surface area contributed by atoms with Gasteiger partial charge in [-0.1, -0.05) is 71.1 Å². The van der Waals surface area contributed by atoms with Gasteiger partial charge in [0.05, 0.1) is 43.3 Å². The number of allylic oxidation sites excluding steroid dienone is 6. The monoisotopic (exact) mass is 1710 g/mol. The van der Waals surface area contributed by atoms with Crippen molar-refractivity contribution in [3.8, 4) is 11.3 Å². The highest BCUT2D eigenvalue weighted by Crippen LogP contribution is 2.39. The Hall–Kier alpha value is -9.81. The van der Waals surface area contributed by atoms with Crippen molar-refractivity contribution in [2.75, 3.05) is 110 Å². The number of piperidine rings is 1. The van der Waals surface area contributed by atoms with Gasteiger partial charge in [0.2, 0.25) is 29.5 Å². The molecule has 4 saturated heterocycles. The van der Waals surface area contributed by atoms with Crippen molar-refractivity contribution in [2.24, 2.45) is 35.5 Å². The molecule has 670 valence electrons. The van der Waals surface area contributed by atoms with Crippen LogP contribution >= 0.6 is 0 Å². The summed E-state index contributed by atoms with van der Waals surface area (Å²) in [7, 11) is 3.09. The molecule has 5 aliphatic heterocycles. The number of nitrogens with two attached hydrogens (primary N) is 1. The molecule has 5 fully saturated rings. The predicted octanol–water partition coefficient (Wildman–Crippen LogP) is 7.09. The van der Waals surface area contributed by atoms with E-state index < -0.39 is 108 Å². The number of nitrogens with zero attached hydrogens (tertiary/aromatic N) is 12. The van der Waals surface area contributed by atoms with Gasteiger partial charge in [-0.3, -0.25) is 38.5 Å². The van der Waals surface area contributed by atoms with Crippen LogP contribution in [0, 0.1) is 35.5 Å². The lowest BCUT2D eigenvalue weighted by Crippen LogP contribution is -2.61. The summed E-state index contributed by atoms with van der Waals surface area (Å²) < 4.78 is 38.1. The number of fused-ring (bicyclic) bond motifs is 5. The summed E-state index contributed by atoms with van der Waals surface area (Å²) in [5, 5.41) is 46.9. The molecule has 2 bridgehead atoms. The fourth-order valence-electron chi connectivity index (χ4n) is 17.5. The zero-order valence-corrected chi connectivity index (χ0v) is 72.6. The van der Waals surface area contributed by atoms with E-state index in [1.807, 2.05) is 84.0 Å². The third-order valence-corrected chi connectivity index (χ3v) is 25.2. The normalized spacial score (nSPS) is 27.8. The summed E-state index contributed by atoms with van der Waals surface area (Å²) in [5.41, 5.74) is 10.8. The molecule has 0 aromatic carbocycles. The van der Waals surface area contributed by atoms with Gasteiger partial charge in [-0.2, -0.15) is 5.10 Å². The number of esters is 1. The number of anilines is 2. The van der Waals surface area contributed by atoms with E-state index in [0.717, 1.165) is 27.1 Å². The number of carbonyl (C=O) groups is 9. The van der Waals surface area contributed by atoms with E-state index in [4.69, 9.17) is 39.3 Å². The molecule has 1 aliphatic carbocycles. The predicted molar refractivity (Wildman–Crippen MR) is 457 cm³/mol. The molecule has 0 radical (unpaired) electrons. The van der Waals surface area contributed by atoms with Gasteiger partial charge in [-0.25, -0.2) is 39.2 Å². The Morgan fingerprint density at radius 2 is 1.50 bits per heavy atom. The van der Waals surface area contributed by atoms with Gasteiger partial charge in [0.25, 0.3) is 11.7 Å². The molecular formula is C89H126N16O18. The standard InChI is InChI=1S/C89H126N16O18/c1-55-17-11-10-12-18-56(2)70(118-8)48-66-22-20-61(7)89(117,123-66)81(113)85(114)104-30-15-13-19-67(104)86(115)121-71(49-68(106)57(3)44-60(6)79(111)80(112)78(110)59(5)43-55)58(4)45-62-21-23-69(72(46-62)119-9)122-88(116)96-52-63-50-94-87(95-51-63)103-38-36-102(37-39-103)75(109)27-41-120-42-40-100-32-34-101(35-33-100)74(108)25-24-73(107)91-28-14-16-31-105-84-76(82(90)97-54-98-84)77(99-105)65-47-64-26-29-92-83(64)93-53-65/h10-12,17-18,26,29,44,47,50-51,53-55,57-59,61-62,66-67,69-72,79-80,111-112,117H,13-16,19-25,27-28,30-43,45-46,48-49,52H2,1-9H3,(H,91,107)(H,92,93)(H,96,116)(H2,90,97,98)/b12-10?,17-11+,56-18?,60-44+/t55-,57-,58-,59-,61-,62+,66+,67+,69-,70+,71+,72-,79-,80+,89-/m1/s1. The number of rotatable bonds is 24. The minimum absolute atomic E-state index is 0.00698. The van der Waals surface area contributed by atoms with Crippen molar-refractivity contribution in [3.05, 3.63) is 96.4 Å². The topological polar surface area (TPSA) is 434 Å². The quantitative estimate of drug-likeness (QED) is 0.0140. The van der Waals surface area contributed by atoms with Crippen molar-refractivity contribution in [1.29, 1.82) is 0 Å². The van der Waals surface area contributed by atoms with Crippen LogP contribution in [0.1, 0.15) is 163 Å². The van der Waals surface area contributed by atoms with E-state index in [0.29, 0.717) is 183 Å². The number of amides is 5. The molecule has 34 heteroatoms. The van der Waals surface area contributed by atoms with Crippen LogP contribution in [0.25, 0.3) is 33.3 Å². The summed E-state index contributed by atoms with van der Waals surface area (Å²) in [6.07, 6.45) is 17.8. The van der Waals surface area contributed by atoms with Crippen LogP contribution in [0.4, 0.5) is 16.6 Å². The molecule has 123 heavy (non-hydrogen) atoms. The molecule has 5 aromatic rings. The number of aromatic nitrogens is 8. The number of unbranched alkanes of at least 4 members (excludes halogenated alkanes) is 1. The van der Waals surface area contributed by atoms with Gasteiger partial charge >= 0.3 is 12.1 Å². The van der Waals surface area contributed by atoms with Gasteiger partial charge in [0, 0.05) is 184 Å². The number of nitrogen functional groups attached to an aromatic ring is 1. The van der Waals surface area contributed by atoms with E-state index in [-0.39, 0.29) is 99.1 Å². The van der Waals surface area contributed by atoms with Gasteiger partial charge < -0.3 is 84.7 Å². The number of cyclic esters (lactones) is 1. The molecule has 34 nitrogen and oxygen atoms in total. The Bertz CT molecular complexity index is 4570. The minimum Gasteiger partial charge on any atom is -0.460 e. The second kappa shape index (κ2) is 44.7. The number of aliphatic hydroxyl groups is 3. The van der Waals surface area contributed by atoms with Crippen LogP contribution in [-0.2, 0) is 79.9 Å². The first-order chi connectivity index (χ1) is 59.1. The average Bonchev–Trinajstić information content (AvgIpc) is 1.75. The molecule has 0 unspecified atom stereocenters. The number of hydrogen-bond donors (Lipinski definition) is 7. The van der Waals surface area contributed by atoms with E-state index in [2.05, 4.69) is 45.4 Å². The number of piperazine rings is 2. The number of methoxy groups -OCH3 is 2. The lowest BCUT2D eigenvalue weighted by Gasteiger charge is -2.42. The Kier molecular flexibility index (Phi) is 34.1. The smallest absolute Gasteiger partial charge is 0.407 e. The molecule has 8 N–H and O–H groups in total. The fraction of sp³-hybridized carbons (Fsp3) is 0.629. The number of aryl methyl sites for hydroxylation is 1. The molecule has 6 aliphatic rings. The third-order valence-electron chi connectivity index (χ3n) is 25.2. The molecular weight excluding hydrogens is 1580 g/mol. The fourth-order valence-corrected chi connectivity index (χ4v) is 17.5. The number of pyridine rings is 1. The number of Topliss-reactive ketones (excluding diaryl/α,β-unsaturated/α-hetero) is 3.